The topological polar surface area (TPSA) is 92.2 Å². The van der Waals surface area contributed by atoms with Gasteiger partial charge in [0.2, 0.25) is 0 Å². The smallest absolute Gasteiger partial charge is 0.378 e. The van der Waals surface area contributed by atoms with Crippen LogP contribution in [0.15, 0.2) is 47.3 Å². The van der Waals surface area contributed by atoms with Crippen molar-refractivity contribution < 1.29 is 23.0 Å². The third-order valence-electron chi connectivity index (χ3n) is 4.94. The van der Waals surface area contributed by atoms with Gasteiger partial charge in [-0.25, -0.2) is 4.79 Å². The molecule has 0 bridgehead atoms. The molecule has 1 atom stereocenters. The summed E-state index contributed by atoms with van der Waals surface area (Å²) in [6.07, 6.45) is -5.11. The lowest BCUT2D eigenvalue weighted by Gasteiger charge is -2.26. The second-order valence-electron chi connectivity index (χ2n) is 8.93. The Bertz CT molecular complexity index is 1170. The Morgan fingerprint density at radius 2 is 1.79 bits per heavy atom. The maximum Gasteiger partial charge on any atom is 0.411 e. The molecule has 0 aliphatic rings. The largest absolute Gasteiger partial charge is 0.411 e. The molecule has 1 aromatic heterocycles. The van der Waals surface area contributed by atoms with Crippen LogP contribution < -0.4 is 11.0 Å². The summed E-state index contributed by atoms with van der Waals surface area (Å²) >= 11 is 6.32. The van der Waals surface area contributed by atoms with Gasteiger partial charge in [-0.05, 0) is 23.3 Å². The standard InChI is InChI=1S/C23H26ClF3N4O3/c1-22(2,3)20(32)28-11-15-6-9-17(24)18(10-15)31-21(33)29-19(30-31)16-7-4-14(5-8-16)12-34-13-23(25,26)27/h4-10,20,28,32H,11-13H2,1-3H3,(H,29,30,33). The summed E-state index contributed by atoms with van der Waals surface area (Å²) in [6.45, 7) is 4.56. The van der Waals surface area contributed by atoms with E-state index in [1.807, 2.05) is 20.8 Å². The molecule has 0 fully saturated rings. The number of H-pyrrole nitrogens is 1. The summed E-state index contributed by atoms with van der Waals surface area (Å²) in [5, 5.41) is 17.9. The van der Waals surface area contributed by atoms with Crippen molar-refractivity contribution in [3.63, 3.8) is 0 Å². The predicted octanol–water partition coefficient (Wildman–Crippen LogP) is 4.41. The Morgan fingerprint density at radius 1 is 1.15 bits per heavy atom. The molecular formula is C23H26ClF3N4O3. The van der Waals surface area contributed by atoms with Crippen LogP contribution in [0.4, 0.5) is 13.2 Å². The third kappa shape index (κ3) is 6.92. The number of halogens is 4. The fraction of sp³-hybridized carbons (Fsp3) is 0.391. The van der Waals surface area contributed by atoms with Gasteiger partial charge in [0.1, 0.15) is 12.8 Å². The van der Waals surface area contributed by atoms with E-state index in [4.69, 9.17) is 11.6 Å². The molecule has 0 radical (unpaired) electrons. The second-order valence-corrected chi connectivity index (χ2v) is 9.34. The van der Waals surface area contributed by atoms with E-state index in [2.05, 4.69) is 20.1 Å². The molecular weight excluding hydrogens is 473 g/mol. The number of hydrogen-bond acceptors (Lipinski definition) is 5. The Labute approximate surface area is 199 Å². The first-order chi connectivity index (χ1) is 15.8. The Kier molecular flexibility index (Phi) is 7.87. The van der Waals surface area contributed by atoms with Crippen LogP contribution in [-0.2, 0) is 17.9 Å². The van der Waals surface area contributed by atoms with Crippen LogP contribution in [0.1, 0.15) is 31.9 Å². The molecule has 0 saturated carbocycles. The molecule has 11 heteroatoms. The van der Waals surface area contributed by atoms with Gasteiger partial charge in [-0.1, -0.05) is 62.7 Å². The summed E-state index contributed by atoms with van der Waals surface area (Å²) < 4.78 is 42.4. The van der Waals surface area contributed by atoms with Gasteiger partial charge < -0.3 is 9.84 Å². The minimum Gasteiger partial charge on any atom is -0.378 e. The number of aromatic amines is 1. The number of hydrogen-bond donors (Lipinski definition) is 3. The maximum absolute atomic E-state index is 12.6. The average Bonchev–Trinajstić information content (AvgIpc) is 3.13. The average molecular weight is 499 g/mol. The molecule has 3 rings (SSSR count). The first kappa shape index (κ1) is 26.0. The van der Waals surface area contributed by atoms with Crippen LogP contribution in [-0.4, -0.2) is 38.9 Å². The molecule has 34 heavy (non-hydrogen) atoms. The van der Waals surface area contributed by atoms with Gasteiger partial charge >= 0.3 is 11.9 Å². The zero-order chi connectivity index (χ0) is 25.1. The van der Waals surface area contributed by atoms with E-state index >= 15 is 0 Å². The number of aliphatic hydroxyl groups excluding tert-OH is 1. The lowest BCUT2D eigenvalue weighted by molar-refractivity contribution is -0.176. The fourth-order valence-electron chi connectivity index (χ4n) is 3.01. The van der Waals surface area contributed by atoms with Crippen LogP contribution in [0.25, 0.3) is 17.1 Å². The number of nitrogens with zero attached hydrogens (tertiary/aromatic N) is 2. The second kappa shape index (κ2) is 10.3. The number of alkyl halides is 3. The van der Waals surface area contributed by atoms with E-state index in [0.29, 0.717) is 28.4 Å². The highest BCUT2D eigenvalue weighted by atomic mass is 35.5. The van der Waals surface area contributed by atoms with Gasteiger partial charge in [0, 0.05) is 17.5 Å². The zero-order valence-electron chi connectivity index (χ0n) is 18.9. The lowest BCUT2D eigenvalue weighted by Crippen LogP contribution is -2.39. The molecule has 1 heterocycles. The molecule has 0 spiro atoms. The molecule has 3 N–H and O–H groups in total. The van der Waals surface area contributed by atoms with Gasteiger partial charge in [0.15, 0.2) is 5.82 Å². The summed E-state index contributed by atoms with van der Waals surface area (Å²) in [6, 6.07) is 11.6. The van der Waals surface area contributed by atoms with Gasteiger partial charge in [0.25, 0.3) is 0 Å². The van der Waals surface area contributed by atoms with Gasteiger partial charge in [-0.3, -0.25) is 10.3 Å². The monoisotopic (exact) mass is 498 g/mol. The Hall–Kier alpha value is -2.66. The highest BCUT2D eigenvalue weighted by molar-refractivity contribution is 6.32. The number of nitrogens with one attached hydrogen (secondary N) is 2. The molecule has 0 aliphatic heterocycles. The van der Waals surface area contributed by atoms with Crippen molar-refractivity contribution in [3.05, 3.63) is 69.1 Å². The van der Waals surface area contributed by atoms with Crippen molar-refractivity contribution in [2.24, 2.45) is 5.41 Å². The van der Waals surface area contributed by atoms with E-state index < -0.39 is 24.7 Å². The van der Waals surface area contributed by atoms with E-state index in [1.54, 1.807) is 42.5 Å². The summed E-state index contributed by atoms with van der Waals surface area (Å²) in [4.78, 5) is 15.2. The van der Waals surface area contributed by atoms with Crippen LogP contribution in [0, 0.1) is 5.41 Å². The van der Waals surface area contributed by atoms with Crippen molar-refractivity contribution in [1.29, 1.82) is 0 Å². The maximum atomic E-state index is 12.6. The summed E-state index contributed by atoms with van der Waals surface area (Å²) in [7, 11) is 0. The summed E-state index contributed by atoms with van der Waals surface area (Å²) in [5.74, 6) is 0.274. The molecule has 2 aromatic carbocycles. The van der Waals surface area contributed by atoms with E-state index in [-0.39, 0.29) is 17.8 Å². The van der Waals surface area contributed by atoms with Gasteiger partial charge in [-0.15, -0.1) is 5.10 Å². The molecule has 0 amide bonds. The number of benzene rings is 2. The van der Waals surface area contributed by atoms with Gasteiger partial charge in [-0.2, -0.15) is 17.9 Å². The third-order valence-corrected chi connectivity index (χ3v) is 5.26. The normalized spacial score (nSPS) is 13.3. The van der Waals surface area contributed by atoms with Crippen molar-refractivity contribution in [2.45, 2.75) is 46.3 Å². The van der Waals surface area contributed by atoms with Gasteiger partial charge in [0.05, 0.1) is 17.3 Å². The van der Waals surface area contributed by atoms with E-state index in [0.717, 1.165) is 10.2 Å². The minimum atomic E-state index is -4.38. The molecule has 3 aromatic rings. The molecule has 184 valence electrons. The lowest BCUT2D eigenvalue weighted by atomic mass is 9.94. The molecule has 0 saturated heterocycles. The van der Waals surface area contributed by atoms with E-state index in [1.165, 1.54) is 0 Å². The number of aliphatic hydroxyl groups is 1. The first-order valence-corrected chi connectivity index (χ1v) is 10.8. The number of aromatic nitrogens is 3. The van der Waals surface area contributed by atoms with Crippen LogP contribution in [0.2, 0.25) is 5.02 Å². The fourth-order valence-corrected chi connectivity index (χ4v) is 3.21. The minimum absolute atomic E-state index is 0.189. The molecule has 1 unspecified atom stereocenters. The highest BCUT2D eigenvalue weighted by Crippen LogP contribution is 2.23. The number of rotatable bonds is 8. The van der Waals surface area contributed by atoms with Crippen LogP contribution >= 0.6 is 11.6 Å². The predicted molar refractivity (Wildman–Crippen MR) is 123 cm³/mol. The highest BCUT2D eigenvalue weighted by Gasteiger charge is 2.27. The van der Waals surface area contributed by atoms with E-state index in [9.17, 15) is 23.1 Å². The van der Waals surface area contributed by atoms with Crippen molar-refractivity contribution in [1.82, 2.24) is 20.1 Å². The van der Waals surface area contributed by atoms with Crippen LogP contribution in [0.3, 0.4) is 0 Å². The van der Waals surface area contributed by atoms with Crippen LogP contribution in [0.5, 0.6) is 0 Å². The summed E-state index contributed by atoms with van der Waals surface area (Å²) in [5.41, 5.74) is 1.43. The molecule has 0 aliphatic carbocycles. The van der Waals surface area contributed by atoms with Crippen molar-refractivity contribution in [2.75, 3.05) is 6.61 Å². The SMILES string of the molecule is CC(C)(C)C(O)NCc1ccc(Cl)c(-n2nc(-c3ccc(COCC(F)(F)F)cc3)[nH]c2=O)c1. The van der Waals surface area contributed by atoms with Crippen molar-refractivity contribution >= 4 is 11.6 Å². The quantitative estimate of drug-likeness (QED) is 0.400. The first-order valence-electron chi connectivity index (χ1n) is 10.5. The van der Waals surface area contributed by atoms with Crippen molar-refractivity contribution in [3.8, 4) is 17.1 Å². The Morgan fingerprint density at radius 3 is 2.41 bits per heavy atom. The molecule has 7 nitrogen and oxygen atoms in total. The zero-order valence-corrected chi connectivity index (χ0v) is 19.7. The number of ether oxygens (including phenoxy) is 1. The Balaban J connectivity index is 1.76.